The molecule has 0 radical (unpaired) electrons. The number of aromatic nitrogens is 3. The third-order valence-electron chi connectivity index (χ3n) is 4.32. The van der Waals surface area contributed by atoms with Crippen LogP contribution in [0.1, 0.15) is 5.56 Å². The summed E-state index contributed by atoms with van der Waals surface area (Å²) in [5.74, 6) is 2.03. The Morgan fingerprint density at radius 3 is 2.82 bits per heavy atom. The Kier molecular flexibility index (Phi) is 4.29. The van der Waals surface area contributed by atoms with Crippen molar-refractivity contribution < 1.29 is 13.9 Å². The summed E-state index contributed by atoms with van der Waals surface area (Å²) in [5.41, 5.74) is 2.49. The van der Waals surface area contributed by atoms with Gasteiger partial charge in [-0.3, -0.25) is 0 Å². The highest BCUT2D eigenvalue weighted by molar-refractivity contribution is 9.11. The molecular formula is C20H14BrN3O3S. The van der Waals surface area contributed by atoms with Crippen molar-refractivity contribution in [1.82, 2.24) is 14.6 Å². The Labute approximate surface area is 172 Å². The fraction of sp³-hybridized carbons (Fsp3) is 0.100. The SMILES string of the molecule is COc1cc(OCc2ccccc2)c2cc(-c3cn4nc(Br)sc4n3)oc2c1. The van der Waals surface area contributed by atoms with E-state index in [2.05, 4.69) is 26.0 Å². The van der Waals surface area contributed by atoms with Crippen molar-refractivity contribution in [3.05, 3.63) is 64.2 Å². The zero-order valence-corrected chi connectivity index (χ0v) is 17.2. The molecule has 3 heterocycles. The van der Waals surface area contributed by atoms with Crippen LogP contribution in [-0.4, -0.2) is 21.7 Å². The predicted molar refractivity (Wildman–Crippen MR) is 111 cm³/mol. The molecule has 0 aliphatic heterocycles. The zero-order chi connectivity index (χ0) is 19.1. The lowest BCUT2D eigenvalue weighted by atomic mass is 10.2. The summed E-state index contributed by atoms with van der Waals surface area (Å²) in [6, 6.07) is 15.7. The molecule has 0 aliphatic rings. The van der Waals surface area contributed by atoms with Crippen molar-refractivity contribution in [3.8, 4) is 23.0 Å². The van der Waals surface area contributed by atoms with Crippen LogP contribution >= 0.6 is 27.3 Å². The second-order valence-corrected chi connectivity index (χ2v) is 8.36. The van der Waals surface area contributed by atoms with E-state index in [4.69, 9.17) is 13.9 Å². The Balaban J connectivity index is 1.54. The van der Waals surface area contributed by atoms with Gasteiger partial charge in [0.05, 0.1) is 18.7 Å². The van der Waals surface area contributed by atoms with E-state index in [1.807, 2.05) is 54.7 Å². The number of hydrogen-bond donors (Lipinski definition) is 0. The summed E-state index contributed by atoms with van der Waals surface area (Å²) < 4.78 is 20.0. The summed E-state index contributed by atoms with van der Waals surface area (Å²) in [6.45, 7) is 0.460. The summed E-state index contributed by atoms with van der Waals surface area (Å²) in [7, 11) is 1.62. The lowest BCUT2D eigenvalue weighted by molar-refractivity contribution is 0.307. The Hall–Kier alpha value is -2.84. The number of rotatable bonds is 5. The smallest absolute Gasteiger partial charge is 0.213 e. The normalized spacial score (nSPS) is 11.4. The van der Waals surface area contributed by atoms with E-state index in [0.717, 1.165) is 25.5 Å². The first-order valence-corrected chi connectivity index (χ1v) is 10.1. The van der Waals surface area contributed by atoms with Gasteiger partial charge < -0.3 is 13.9 Å². The minimum atomic E-state index is 0.460. The molecule has 140 valence electrons. The van der Waals surface area contributed by atoms with Gasteiger partial charge in [-0.05, 0) is 27.6 Å². The third-order valence-corrected chi connectivity index (χ3v) is 5.67. The fourth-order valence-corrected chi connectivity index (χ4v) is 4.19. The van der Waals surface area contributed by atoms with Gasteiger partial charge in [-0.2, -0.15) is 0 Å². The number of ether oxygens (including phenoxy) is 2. The van der Waals surface area contributed by atoms with Gasteiger partial charge in [0.15, 0.2) is 9.68 Å². The maximum absolute atomic E-state index is 6.07. The van der Waals surface area contributed by atoms with Crippen LogP contribution in [0.2, 0.25) is 0 Å². The topological polar surface area (TPSA) is 61.8 Å². The molecular weight excluding hydrogens is 442 g/mol. The van der Waals surface area contributed by atoms with E-state index in [1.165, 1.54) is 11.3 Å². The maximum Gasteiger partial charge on any atom is 0.213 e. The largest absolute Gasteiger partial charge is 0.496 e. The van der Waals surface area contributed by atoms with Crippen LogP contribution in [0.15, 0.2) is 63.1 Å². The summed E-state index contributed by atoms with van der Waals surface area (Å²) in [5, 5.41) is 5.20. The van der Waals surface area contributed by atoms with Gasteiger partial charge in [-0.15, -0.1) is 5.10 Å². The average Bonchev–Trinajstić information content (AvgIpc) is 3.38. The molecule has 0 N–H and O–H groups in total. The van der Waals surface area contributed by atoms with E-state index >= 15 is 0 Å². The van der Waals surface area contributed by atoms with E-state index in [9.17, 15) is 0 Å². The number of benzene rings is 2. The molecule has 6 nitrogen and oxygen atoms in total. The third kappa shape index (κ3) is 3.14. The summed E-state index contributed by atoms with van der Waals surface area (Å²) in [4.78, 5) is 5.38. The average molecular weight is 456 g/mol. The first-order chi connectivity index (χ1) is 13.7. The van der Waals surface area contributed by atoms with Crippen molar-refractivity contribution in [2.45, 2.75) is 6.61 Å². The van der Waals surface area contributed by atoms with Crippen molar-refractivity contribution >= 4 is 43.2 Å². The van der Waals surface area contributed by atoms with Crippen molar-refractivity contribution in [2.75, 3.05) is 7.11 Å². The van der Waals surface area contributed by atoms with Gasteiger partial charge in [0.25, 0.3) is 0 Å². The van der Waals surface area contributed by atoms with E-state index in [-0.39, 0.29) is 0 Å². The van der Waals surface area contributed by atoms with Crippen molar-refractivity contribution in [3.63, 3.8) is 0 Å². The molecule has 0 unspecified atom stereocenters. The number of furan rings is 1. The molecule has 0 aliphatic carbocycles. The molecule has 2 aromatic carbocycles. The minimum absolute atomic E-state index is 0.460. The highest BCUT2D eigenvalue weighted by atomic mass is 79.9. The van der Waals surface area contributed by atoms with Crippen molar-refractivity contribution in [1.29, 1.82) is 0 Å². The molecule has 28 heavy (non-hydrogen) atoms. The van der Waals surface area contributed by atoms with Crippen LogP contribution < -0.4 is 9.47 Å². The van der Waals surface area contributed by atoms with Crippen molar-refractivity contribution in [2.24, 2.45) is 0 Å². The first-order valence-electron chi connectivity index (χ1n) is 8.50. The van der Waals surface area contributed by atoms with Crippen LogP contribution in [0.4, 0.5) is 0 Å². The van der Waals surface area contributed by atoms with Crippen LogP contribution in [0.3, 0.4) is 0 Å². The molecule has 0 spiro atoms. The highest BCUT2D eigenvalue weighted by Gasteiger charge is 2.16. The molecule has 0 bridgehead atoms. The molecule has 0 saturated carbocycles. The monoisotopic (exact) mass is 455 g/mol. The quantitative estimate of drug-likeness (QED) is 0.347. The lowest BCUT2D eigenvalue weighted by Crippen LogP contribution is -1.96. The molecule has 0 saturated heterocycles. The number of nitrogens with zero attached hydrogens (tertiary/aromatic N) is 3. The molecule has 5 rings (SSSR count). The second-order valence-electron chi connectivity index (χ2n) is 6.13. The zero-order valence-electron chi connectivity index (χ0n) is 14.8. The maximum atomic E-state index is 6.07. The van der Waals surface area contributed by atoms with Gasteiger partial charge in [-0.25, -0.2) is 9.50 Å². The van der Waals surface area contributed by atoms with Crippen LogP contribution in [0.5, 0.6) is 11.5 Å². The molecule has 0 atom stereocenters. The van der Waals surface area contributed by atoms with Gasteiger partial charge in [0.2, 0.25) is 4.96 Å². The number of hydrogen-bond acceptors (Lipinski definition) is 6. The van der Waals surface area contributed by atoms with Crippen LogP contribution in [0, 0.1) is 0 Å². The van der Waals surface area contributed by atoms with E-state index in [0.29, 0.717) is 29.4 Å². The fourth-order valence-electron chi connectivity index (χ4n) is 2.98. The molecule has 5 aromatic rings. The van der Waals surface area contributed by atoms with E-state index in [1.54, 1.807) is 11.6 Å². The second kappa shape index (κ2) is 6.96. The minimum Gasteiger partial charge on any atom is -0.496 e. The summed E-state index contributed by atoms with van der Waals surface area (Å²) >= 11 is 4.83. The summed E-state index contributed by atoms with van der Waals surface area (Å²) in [6.07, 6.45) is 1.84. The molecule has 0 amide bonds. The van der Waals surface area contributed by atoms with Gasteiger partial charge in [-0.1, -0.05) is 41.7 Å². The van der Waals surface area contributed by atoms with Crippen LogP contribution in [-0.2, 0) is 6.61 Å². The van der Waals surface area contributed by atoms with E-state index < -0.39 is 0 Å². The number of imidazole rings is 1. The molecule has 8 heteroatoms. The predicted octanol–water partition coefficient (Wildman–Crippen LogP) is 5.55. The Morgan fingerprint density at radius 1 is 1.18 bits per heavy atom. The van der Waals surface area contributed by atoms with Crippen LogP contribution in [0.25, 0.3) is 27.4 Å². The number of methoxy groups -OCH3 is 1. The first kappa shape index (κ1) is 17.3. The Bertz CT molecular complexity index is 1240. The molecule has 3 aromatic heterocycles. The lowest BCUT2D eigenvalue weighted by Gasteiger charge is -2.09. The highest BCUT2D eigenvalue weighted by Crippen LogP contribution is 2.37. The van der Waals surface area contributed by atoms with Gasteiger partial charge in [0.1, 0.15) is 29.4 Å². The van der Waals surface area contributed by atoms with Gasteiger partial charge >= 0.3 is 0 Å². The van der Waals surface area contributed by atoms with Gasteiger partial charge in [0, 0.05) is 12.1 Å². The molecule has 0 fully saturated rings. The standard InChI is InChI=1S/C20H14BrN3O3S/c1-25-13-7-16(26-11-12-5-3-2-4-6-12)14-9-18(27-17(14)8-13)15-10-24-20(22-15)28-19(21)23-24/h2-10H,11H2,1H3. The number of fused-ring (bicyclic) bond motifs is 2. The number of halogens is 1. The Morgan fingerprint density at radius 2 is 2.04 bits per heavy atom.